The van der Waals surface area contributed by atoms with Crippen molar-refractivity contribution < 1.29 is 38.1 Å². The minimum absolute atomic E-state index is 0.145. The number of alkyl carbamates (subject to hydrolysis) is 1. The number of amides is 3. The lowest BCUT2D eigenvalue weighted by atomic mass is 10.1. The maximum atomic E-state index is 12.7. The molecule has 1 unspecified atom stereocenters. The second-order valence-corrected chi connectivity index (χ2v) is 11.4. The predicted molar refractivity (Wildman–Crippen MR) is 158 cm³/mol. The summed E-state index contributed by atoms with van der Waals surface area (Å²) in [5, 5.41) is 5.97. The predicted octanol–water partition coefficient (Wildman–Crippen LogP) is 4.95. The highest BCUT2D eigenvalue weighted by molar-refractivity contribution is 6.30. The Morgan fingerprint density at radius 1 is 0.881 bits per heavy atom. The molecule has 0 aliphatic heterocycles. The van der Waals surface area contributed by atoms with Gasteiger partial charge in [0.2, 0.25) is 6.29 Å². The average molecular weight is 606 g/mol. The molecule has 0 spiro atoms. The third kappa shape index (κ3) is 12.3. The third-order valence-electron chi connectivity index (χ3n) is 5.56. The van der Waals surface area contributed by atoms with E-state index < -0.39 is 35.6 Å². The largest absolute Gasteiger partial charge is 0.476 e. The van der Waals surface area contributed by atoms with Gasteiger partial charge in [0.1, 0.15) is 11.4 Å². The van der Waals surface area contributed by atoms with E-state index in [-0.39, 0.29) is 19.0 Å². The minimum Gasteiger partial charge on any atom is -0.476 e. The van der Waals surface area contributed by atoms with Gasteiger partial charge >= 0.3 is 18.2 Å². The first kappa shape index (κ1) is 34.2. The molecule has 0 bridgehead atoms. The number of esters is 1. The number of likely N-dealkylation sites (N-methyl/N-ethyl adjacent to an activating group) is 1. The maximum absolute atomic E-state index is 12.7. The van der Waals surface area contributed by atoms with Crippen LogP contribution in [0, 0.1) is 0 Å². The molecule has 0 heterocycles. The molecular formula is C30H40ClN3O8. The number of carbonyl (C=O) groups excluding carboxylic acids is 4. The van der Waals surface area contributed by atoms with Gasteiger partial charge in [0.25, 0.3) is 5.91 Å². The molecule has 2 rings (SSSR count). The van der Waals surface area contributed by atoms with Crippen molar-refractivity contribution in [3.63, 3.8) is 0 Å². The molecule has 12 heteroatoms. The first-order chi connectivity index (χ1) is 19.6. The molecule has 2 aromatic rings. The normalized spacial score (nSPS) is 12.0. The van der Waals surface area contributed by atoms with E-state index in [1.54, 1.807) is 71.0 Å². The van der Waals surface area contributed by atoms with Crippen molar-refractivity contribution >= 4 is 35.7 Å². The van der Waals surface area contributed by atoms with Gasteiger partial charge in [-0.1, -0.05) is 23.7 Å². The van der Waals surface area contributed by atoms with Gasteiger partial charge in [0.15, 0.2) is 5.60 Å². The zero-order chi connectivity index (χ0) is 31.5. The first-order valence-corrected chi connectivity index (χ1v) is 13.8. The number of rotatable bonds is 12. The second kappa shape index (κ2) is 15.3. The molecular weight excluding hydrogens is 566 g/mol. The molecule has 42 heavy (non-hydrogen) atoms. The van der Waals surface area contributed by atoms with Crippen LogP contribution >= 0.6 is 11.6 Å². The molecule has 0 aliphatic carbocycles. The van der Waals surface area contributed by atoms with Crippen molar-refractivity contribution in [2.75, 3.05) is 26.7 Å². The minimum atomic E-state index is -1.38. The highest BCUT2D eigenvalue weighted by Crippen LogP contribution is 2.21. The first-order valence-electron chi connectivity index (χ1n) is 13.5. The van der Waals surface area contributed by atoms with Gasteiger partial charge in [0, 0.05) is 44.2 Å². The summed E-state index contributed by atoms with van der Waals surface area (Å²) in [6.07, 6.45) is -1.92. The highest BCUT2D eigenvalue weighted by atomic mass is 35.5. The van der Waals surface area contributed by atoms with Crippen LogP contribution in [0.15, 0.2) is 48.5 Å². The van der Waals surface area contributed by atoms with Crippen LogP contribution in [-0.2, 0) is 25.4 Å². The number of halogens is 1. The fourth-order valence-corrected chi connectivity index (χ4v) is 3.49. The van der Waals surface area contributed by atoms with E-state index in [0.717, 1.165) is 5.56 Å². The molecule has 0 aromatic heterocycles. The quantitative estimate of drug-likeness (QED) is 0.256. The van der Waals surface area contributed by atoms with Crippen LogP contribution in [0.3, 0.4) is 0 Å². The number of hydrogen-bond acceptors (Lipinski definition) is 8. The Balaban J connectivity index is 1.75. The molecule has 0 radical (unpaired) electrons. The van der Waals surface area contributed by atoms with E-state index in [0.29, 0.717) is 29.3 Å². The number of ether oxygens (including phenoxy) is 4. The standard InChI is InChI=1S/C30H40ClN3O8/c1-20(40-28(38)34(7)19-18-33-27(37)42-29(2,3)4)39-26(36)30(5,6)41-24-14-8-21(9-15-24)16-17-32-25(35)22-10-12-23(31)13-11-22/h8-15,20H,16-19H2,1-7H3,(H,32,35)(H,33,37). The van der Waals surface area contributed by atoms with E-state index in [4.69, 9.17) is 30.5 Å². The zero-order valence-electron chi connectivity index (χ0n) is 25.1. The molecule has 0 aliphatic rings. The summed E-state index contributed by atoms with van der Waals surface area (Å²) in [5.74, 6) is -0.479. The summed E-state index contributed by atoms with van der Waals surface area (Å²) >= 11 is 5.86. The SMILES string of the molecule is CC(OC(=O)N(C)CCNC(=O)OC(C)(C)C)OC(=O)C(C)(C)Oc1ccc(CCNC(=O)c2ccc(Cl)cc2)cc1. The Morgan fingerprint density at radius 2 is 1.50 bits per heavy atom. The molecule has 3 amide bonds. The molecule has 0 saturated carbocycles. The van der Waals surface area contributed by atoms with Crippen molar-refractivity contribution in [1.29, 1.82) is 0 Å². The summed E-state index contributed by atoms with van der Waals surface area (Å²) in [5.41, 5.74) is -0.515. The smallest absolute Gasteiger partial charge is 0.412 e. The van der Waals surface area contributed by atoms with Crippen molar-refractivity contribution in [2.24, 2.45) is 0 Å². The average Bonchev–Trinajstić information content (AvgIpc) is 2.88. The number of nitrogens with zero attached hydrogens (tertiary/aromatic N) is 1. The maximum Gasteiger partial charge on any atom is 0.412 e. The van der Waals surface area contributed by atoms with Crippen molar-refractivity contribution in [2.45, 2.75) is 65.5 Å². The summed E-state index contributed by atoms with van der Waals surface area (Å²) in [6, 6.07) is 13.8. The topological polar surface area (TPSA) is 133 Å². The Morgan fingerprint density at radius 3 is 2.10 bits per heavy atom. The van der Waals surface area contributed by atoms with Gasteiger partial charge in [-0.05, 0) is 83.0 Å². The lowest BCUT2D eigenvalue weighted by Gasteiger charge is -2.27. The van der Waals surface area contributed by atoms with Gasteiger partial charge in [0.05, 0.1) is 0 Å². The monoisotopic (exact) mass is 605 g/mol. The number of nitrogens with one attached hydrogen (secondary N) is 2. The van der Waals surface area contributed by atoms with Crippen LogP contribution in [0.1, 0.15) is 57.5 Å². The fourth-order valence-electron chi connectivity index (χ4n) is 3.36. The lowest BCUT2D eigenvalue weighted by Crippen LogP contribution is -2.43. The summed E-state index contributed by atoms with van der Waals surface area (Å²) < 4.78 is 21.4. The van der Waals surface area contributed by atoms with Crippen molar-refractivity contribution in [3.05, 3.63) is 64.7 Å². The van der Waals surface area contributed by atoms with Gasteiger partial charge in [-0.2, -0.15) is 0 Å². The lowest BCUT2D eigenvalue weighted by molar-refractivity contribution is -0.181. The Hall–Kier alpha value is -3.99. The summed E-state index contributed by atoms with van der Waals surface area (Å²) in [6.45, 7) is 10.5. The Bertz CT molecular complexity index is 1210. The van der Waals surface area contributed by atoms with Gasteiger partial charge in [-0.3, -0.25) is 4.79 Å². The van der Waals surface area contributed by atoms with E-state index in [1.807, 2.05) is 12.1 Å². The molecule has 2 aromatic carbocycles. The van der Waals surface area contributed by atoms with E-state index >= 15 is 0 Å². The summed E-state index contributed by atoms with van der Waals surface area (Å²) in [7, 11) is 1.48. The number of carbonyl (C=O) groups is 4. The van der Waals surface area contributed by atoms with Crippen LogP contribution < -0.4 is 15.4 Å². The molecule has 230 valence electrons. The molecule has 0 fully saturated rings. The van der Waals surface area contributed by atoms with Crippen LogP contribution in [-0.4, -0.2) is 73.1 Å². The molecule has 0 saturated heterocycles. The van der Waals surface area contributed by atoms with E-state index in [2.05, 4.69) is 10.6 Å². The number of benzene rings is 2. The fraction of sp³-hybridized carbons (Fsp3) is 0.467. The second-order valence-electron chi connectivity index (χ2n) is 11.0. The highest BCUT2D eigenvalue weighted by Gasteiger charge is 2.34. The zero-order valence-corrected chi connectivity index (χ0v) is 25.9. The molecule has 1 atom stereocenters. The van der Waals surface area contributed by atoms with Crippen LogP contribution in [0.2, 0.25) is 5.02 Å². The number of hydrogen-bond donors (Lipinski definition) is 2. The van der Waals surface area contributed by atoms with Crippen molar-refractivity contribution in [3.8, 4) is 5.75 Å². The van der Waals surface area contributed by atoms with Crippen LogP contribution in [0.25, 0.3) is 0 Å². The van der Waals surface area contributed by atoms with E-state index in [1.165, 1.54) is 18.9 Å². The Kier molecular flexibility index (Phi) is 12.5. The van der Waals surface area contributed by atoms with Gasteiger partial charge in [-0.15, -0.1) is 0 Å². The molecule has 11 nitrogen and oxygen atoms in total. The van der Waals surface area contributed by atoms with Gasteiger partial charge < -0.3 is 34.5 Å². The third-order valence-corrected chi connectivity index (χ3v) is 5.81. The van der Waals surface area contributed by atoms with Crippen LogP contribution in [0.5, 0.6) is 5.75 Å². The Labute approximate surface area is 251 Å². The van der Waals surface area contributed by atoms with E-state index in [9.17, 15) is 19.2 Å². The van der Waals surface area contributed by atoms with Crippen LogP contribution in [0.4, 0.5) is 9.59 Å². The summed E-state index contributed by atoms with van der Waals surface area (Å²) in [4.78, 5) is 50.2. The van der Waals surface area contributed by atoms with Crippen molar-refractivity contribution in [1.82, 2.24) is 15.5 Å². The van der Waals surface area contributed by atoms with Gasteiger partial charge in [-0.25, -0.2) is 14.4 Å². The molecule has 2 N–H and O–H groups in total.